The maximum atomic E-state index is 12.4. The Morgan fingerprint density at radius 3 is 2.92 bits per heavy atom. The highest BCUT2D eigenvalue weighted by Crippen LogP contribution is 2.35. The van der Waals surface area contributed by atoms with Gasteiger partial charge in [0.15, 0.2) is 0 Å². The average Bonchev–Trinajstić information content (AvgIpc) is 3.21. The van der Waals surface area contributed by atoms with Crippen LogP contribution in [0.15, 0.2) is 35.9 Å². The number of hydrogen-bond acceptors (Lipinski definition) is 3. The zero-order valence-corrected chi connectivity index (χ0v) is 14.7. The van der Waals surface area contributed by atoms with Crippen molar-refractivity contribution in [3.05, 3.63) is 47.0 Å². The van der Waals surface area contributed by atoms with E-state index in [9.17, 15) is 4.79 Å². The van der Waals surface area contributed by atoms with E-state index in [1.54, 1.807) is 0 Å². The molecule has 1 aliphatic carbocycles. The van der Waals surface area contributed by atoms with Crippen LogP contribution in [0.25, 0.3) is 0 Å². The van der Waals surface area contributed by atoms with Gasteiger partial charge in [-0.05, 0) is 30.4 Å². The molecule has 5 heteroatoms. The second-order valence-electron chi connectivity index (χ2n) is 6.71. The topological polar surface area (TPSA) is 41.6 Å². The Hall–Kier alpha value is -1.36. The van der Waals surface area contributed by atoms with Crippen LogP contribution in [0.3, 0.4) is 0 Å². The van der Waals surface area contributed by atoms with Crippen molar-refractivity contribution >= 4 is 17.5 Å². The van der Waals surface area contributed by atoms with Crippen LogP contribution >= 0.6 is 11.6 Å². The molecule has 2 unspecified atom stereocenters. The maximum Gasteiger partial charge on any atom is 0.234 e. The Labute approximate surface area is 148 Å². The highest BCUT2D eigenvalue weighted by molar-refractivity contribution is 6.29. The molecule has 0 saturated carbocycles. The highest BCUT2D eigenvalue weighted by atomic mass is 35.5. The number of amides is 1. The second kappa shape index (κ2) is 8.15. The minimum atomic E-state index is 0.0456. The molecule has 1 amide bonds. The molecule has 0 bridgehead atoms. The summed E-state index contributed by atoms with van der Waals surface area (Å²) in [5, 5.41) is 3.61. The van der Waals surface area contributed by atoms with Crippen molar-refractivity contribution in [3.63, 3.8) is 0 Å². The van der Waals surface area contributed by atoms with Crippen molar-refractivity contribution in [2.45, 2.75) is 25.3 Å². The van der Waals surface area contributed by atoms with E-state index in [1.807, 2.05) is 0 Å². The lowest BCUT2D eigenvalue weighted by molar-refractivity contribution is -0.122. The molecule has 2 atom stereocenters. The van der Waals surface area contributed by atoms with Crippen molar-refractivity contribution in [1.82, 2.24) is 10.2 Å². The number of ether oxygens (including phenoxy) is 1. The van der Waals surface area contributed by atoms with Gasteiger partial charge in [-0.15, -0.1) is 0 Å². The van der Waals surface area contributed by atoms with E-state index >= 15 is 0 Å². The predicted octanol–water partition coefficient (Wildman–Crippen LogP) is 2.88. The van der Waals surface area contributed by atoms with E-state index in [0.29, 0.717) is 30.6 Å². The summed E-state index contributed by atoms with van der Waals surface area (Å²) in [6, 6.07) is 8.69. The SMILES string of the molecule is C=C(Cl)CN(CC(=O)NCC1CCOC1)C1CCc2ccccc21. The summed E-state index contributed by atoms with van der Waals surface area (Å²) in [6.45, 7) is 6.93. The third kappa shape index (κ3) is 4.38. The Morgan fingerprint density at radius 2 is 2.17 bits per heavy atom. The molecule has 1 aromatic rings. The number of nitrogens with one attached hydrogen (secondary N) is 1. The normalized spacial score (nSPS) is 22.6. The lowest BCUT2D eigenvalue weighted by Gasteiger charge is -2.29. The fraction of sp³-hybridized carbons (Fsp3) is 0.526. The van der Waals surface area contributed by atoms with Gasteiger partial charge in [0.1, 0.15) is 0 Å². The van der Waals surface area contributed by atoms with E-state index in [2.05, 4.69) is 41.1 Å². The van der Waals surface area contributed by atoms with Gasteiger partial charge >= 0.3 is 0 Å². The van der Waals surface area contributed by atoms with Gasteiger partial charge < -0.3 is 10.1 Å². The zero-order valence-electron chi connectivity index (χ0n) is 14.0. The van der Waals surface area contributed by atoms with Gasteiger partial charge in [-0.3, -0.25) is 9.69 Å². The van der Waals surface area contributed by atoms with Gasteiger partial charge in [0.2, 0.25) is 5.91 Å². The van der Waals surface area contributed by atoms with Crippen LogP contribution in [0.2, 0.25) is 0 Å². The van der Waals surface area contributed by atoms with Crippen molar-refractivity contribution in [3.8, 4) is 0 Å². The molecular formula is C19H25ClN2O2. The summed E-state index contributed by atoms with van der Waals surface area (Å²) in [4.78, 5) is 14.5. The number of hydrogen-bond donors (Lipinski definition) is 1. The van der Waals surface area contributed by atoms with Crippen LogP contribution in [0.4, 0.5) is 0 Å². The first-order valence-electron chi connectivity index (χ1n) is 8.63. The number of carbonyl (C=O) groups is 1. The number of rotatable bonds is 7. The Bertz CT molecular complexity index is 599. The molecule has 1 fully saturated rings. The summed E-state index contributed by atoms with van der Waals surface area (Å²) >= 11 is 6.06. The number of benzene rings is 1. The van der Waals surface area contributed by atoms with E-state index in [1.165, 1.54) is 11.1 Å². The van der Waals surface area contributed by atoms with Gasteiger partial charge in [-0.1, -0.05) is 42.4 Å². The number of carbonyl (C=O) groups excluding carboxylic acids is 1. The molecular weight excluding hydrogens is 324 g/mol. The van der Waals surface area contributed by atoms with Crippen LogP contribution in [0.5, 0.6) is 0 Å². The van der Waals surface area contributed by atoms with Crippen LogP contribution in [0, 0.1) is 5.92 Å². The Morgan fingerprint density at radius 1 is 1.33 bits per heavy atom. The van der Waals surface area contributed by atoms with Gasteiger partial charge in [-0.25, -0.2) is 0 Å². The molecule has 3 rings (SSSR count). The summed E-state index contributed by atoms with van der Waals surface area (Å²) in [5.74, 6) is 0.488. The zero-order chi connectivity index (χ0) is 16.9. The first-order valence-corrected chi connectivity index (χ1v) is 9.01. The van der Waals surface area contributed by atoms with Crippen LogP contribution in [-0.2, 0) is 16.0 Å². The van der Waals surface area contributed by atoms with Gasteiger partial charge in [-0.2, -0.15) is 0 Å². The molecule has 130 valence electrons. The number of aryl methyl sites for hydroxylation is 1. The molecule has 24 heavy (non-hydrogen) atoms. The molecule has 2 aliphatic rings. The maximum absolute atomic E-state index is 12.4. The fourth-order valence-electron chi connectivity index (χ4n) is 3.65. The second-order valence-corrected chi connectivity index (χ2v) is 7.24. The monoisotopic (exact) mass is 348 g/mol. The Kier molecular flexibility index (Phi) is 5.93. The third-order valence-electron chi connectivity index (χ3n) is 4.88. The lowest BCUT2D eigenvalue weighted by atomic mass is 10.1. The average molecular weight is 349 g/mol. The summed E-state index contributed by atoms with van der Waals surface area (Å²) in [5.41, 5.74) is 2.68. The minimum Gasteiger partial charge on any atom is -0.381 e. The van der Waals surface area contributed by atoms with E-state index in [4.69, 9.17) is 16.3 Å². The number of halogens is 1. The van der Waals surface area contributed by atoms with E-state index < -0.39 is 0 Å². The number of fused-ring (bicyclic) bond motifs is 1. The van der Waals surface area contributed by atoms with Crippen LogP contribution in [-0.4, -0.2) is 43.7 Å². The van der Waals surface area contributed by atoms with Crippen molar-refractivity contribution < 1.29 is 9.53 Å². The standard InChI is InChI=1S/C19H25ClN2O2/c1-14(20)11-22(12-19(23)21-10-15-8-9-24-13-15)18-7-6-16-4-2-3-5-17(16)18/h2-5,15,18H,1,6-13H2,(H,21,23). The molecule has 0 spiro atoms. The minimum absolute atomic E-state index is 0.0456. The first-order chi connectivity index (χ1) is 11.6. The lowest BCUT2D eigenvalue weighted by Crippen LogP contribution is -2.41. The molecule has 0 aromatic heterocycles. The summed E-state index contributed by atoms with van der Waals surface area (Å²) < 4.78 is 5.35. The predicted molar refractivity (Wildman–Crippen MR) is 96.0 cm³/mol. The molecule has 1 aromatic carbocycles. The molecule has 1 heterocycles. The van der Waals surface area contributed by atoms with Crippen LogP contribution in [0.1, 0.15) is 30.0 Å². The largest absolute Gasteiger partial charge is 0.381 e. The van der Waals surface area contributed by atoms with Gasteiger partial charge in [0, 0.05) is 36.7 Å². The third-order valence-corrected chi connectivity index (χ3v) is 4.99. The molecule has 1 N–H and O–H groups in total. The Balaban J connectivity index is 1.61. The first kappa shape index (κ1) is 17.5. The van der Waals surface area contributed by atoms with E-state index in [-0.39, 0.29) is 11.9 Å². The molecule has 4 nitrogen and oxygen atoms in total. The summed E-state index contributed by atoms with van der Waals surface area (Å²) in [7, 11) is 0. The van der Waals surface area contributed by atoms with Crippen molar-refractivity contribution in [2.75, 3.05) is 32.8 Å². The molecule has 1 aliphatic heterocycles. The van der Waals surface area contributed by atoms with Gasteiger partial charge in [0.05, 0.1) is 13.2 Å². The van der Waals surface area contributed by atoms with E-state index in [0.717, 1.165) is 32.5 Å². The fourth-order valence-corrected chi connectivity index (χ4v) is 3.81. The molecule has 0 radical (unpaired) electrons. The van der Waals surface area contributed by atoms with Crippen molar-refractivity contribution in [2.24, 2.45) is 5.92 Å². The summed E-state index contributed by atoms with van der Waals surface area (Å²) in [6.07, 6.45) is 3.10. The van der Waals surface area contributed by atoms with Crippen molar-refractivity contribution in [1.29, 1.82) is 0 Å². The quantitative estimate of drug-likeness (QED) is 0.823. The smallest absolute Gasteiger partial charge is 0.234 e. The van der Waals surface area contributed by atoms with Crippen LogP contribution < -0.4 is 5.32 Å². The number of nitrogens with zero attached hydrogens (tertiary/aromatic N) is 1. The van der Waals surface area contributed by atoms with Gasteiger partial charge in [0.25, 0.3) is 0 Å². The molecule has 1 saturated heterocycles. The highest BCUT2D eigenvalue weighted by Gasteiger charge is 2.29.